The Bertz CT molecular complexity index is 994. The molecule has 0 aliphatic heterocycles. The molecule has 0 unspecified atom stereocenters. The molecule has 1 amide bonds. The number of halogens is 1. The number of aromatic nitrogens is 1. The summed E-state index contributed by atoms with van der Waals surface area (Å²) in [6.07, 6.45) is 0.303. The highest BCUT2D eigenvalue weighted by atomic mass is 32.1. The third-order valence-electron chi connectivity index (χ3n) is 4.77. The fraction of sp³-hybridized carbons (Fsp3) is 0.304. The Kier molecular flexibility index (Phi) is 5.66. The van der Waals surface area contributed by atoms with Gasteiger partial charge < -0.3 is 5.32 Å². The van der Waals surface area contributed by atoms with Gasteiger partial charge in [0.25, 0.3) is 0 Å². The van der Waals surface area contributed by atoms with Crippen LogP contribution in [0, 0.1) is 19.7 Å². The Morgan fingerprint density at radius 3 is 2.43 bits per heavy atom. The van der Waals surface area contributed by atoms with E-state index >= 15 is 0 Å². The predicted molar refractivity (Wildman–Crippen MR) is 114 cm³/mol. The molecular formula is C23H25FN2OS. The van der Waals surface area contributed by atoms with Crippen LogP contribution in [0.15, 0.2) is 41.8 Å². The van der Waals surface area contributed by atoms with E-state index in [1.165, 1.54) is 29.0 Å². The molecule has 28 heavy (non-hydrogen) atoms. The van der Waals surface area contributed by atoms with E-state index in [9.17, 15) is 9.18 Å². The van der Waals surface area contributed by atoms with Gasteiger partial charge >= 0.3 is 0 Å². The van der Waals surface area contributed by atoms with Crippen molar-refractivity contribution in [3.63, 3.8) is 0 Å². The first-order valence-electron chi connectivity index (χ1n) is 9.25. The van der Waals surface area contributed by atoms with Gasteiger partial charge in [-0.25, -0.2) is 9.37 Å². The number of thiazole rings is 1. The number of carbonyl (C=O) groups excluding carboxylic acids is 1. The van der Waals surface area contributed by atoms with Crippen LogP contribution in [0.25, 0.3) is 11.3 Å². The summed E-state index contributed by atoms with van der Waals surface area (Å²) in [4.78, 5) is 17.0. The average molecular weight is 397 g/mol. The lowest BCUT2D eigenvalue weighted by Gasteiger charge is -2.22. The minimum absolute atomic E-state index is 0.0739. The molecule has 0 bridgehead atoms. The third-order valence-corrected chi connectivity index (χ3v) is 5.53. The first kappa shape index (κ1) is 20.2. The normalized spacial score (nSPS) is 11.5. The molecule has 0 aliphatic carbocycles. The highest BCUT2D eigenvalue weighted by molar-refractivity contribution is 7.14. The molecule has 0 atom stereocenters. The minimum atomic E-state index is -0.305. The molecule has 0 aliphatic rings. The van der Waals surface area contributed by atoms with Gasteiger partial charge in [0.1, 0.15) is 5.82 Å². The van der Waals surface area contributed by atoms with Gasteiger partial charge in [-0.05, 0) is 53.6 Å². The van der Waals surface area contributed by atoms with Crippen LogP contribution in [-0.4, -0.2) is 10.9 Å². The van der Waals surface area contributed by atoms with Gasteiger partial charge in [-0.3, -0.25) is 4.79 Å². The number of nitrogens with zero attached hydrogens (tertiary/aromatic N) is 1. The van der Waals surface area contributed by atoms with Crippen LogP contribution in [0.2, 0.25) is 0 Å². The third kappa shape index (κ3) is 4.65. The quantitative estimate of drug-likeness (QED) is 0.584. The second-order valence-electron chi connectivity index (χ2n) is 8.11. The number of anilines is 1. The second kappa shape index (κ2) is 7.84. The number of nitrogens with one attached hydrogen (secondary N) is 1. The molecule has 3 aromatic rings. The number of benzene rings is 2. The van der Waals surface area contributed by atoms with Crippen LogP contribution in [0.1, 0.15) is 43.0 Å². The molecule has 0 spiro atoms. The van der Waals surface area contributed by atoms with Gasteiger partial charge in [-0.2, -0.15) is 0 Å². The van der Waals surface area contributed by atoms with Crippen LogP contribution in [0.3, 0.4) is 0 Å². The van der Waals surface area contributed by atoms with Crippen LogP contribution in [0.4, 0.5) is 9.52 Å². The summed E-state index contributed by atoms with van der Waals surface area (Å²) in [5, 5.41) is 5.21. The maximum Gasteiger partial charge on any atom is 0.230 e. The number of hydrogen-bond acceptors (Lipinski definition) is 3. The zero-order valence-electron chi connectivity index (χ0n) is 16.9. The molecule has 0 radical (unpaired) electrons. The summed E-state index contributed by atoms with van der Waals surface area (Å²) < 4.78 is 13.4. The van der Waals surface area contributed by atoms with Crippen molar-refractivity contribution < 1.29 is 9.18 Å². The van der Waals surface area contributed by atoms with Crippen molar-refractivity contribution in [2.75, 3.05) is 5.32 Å². The van der Waals surface area contributed by atoms with Crippen molar-refractivity contribution in [2.45, 2.75) is 46.5 Å². The summed E-state index contributed by atoms with van der Waals surface area (Å²) in [7, 11) is 0. The second-order valence-corrected chi connectivity index (χ2v) is 8.97. The molecule has 0 saturated carbocycles. The number of carbonyl (C=O) groups is 1. The molecule has 3 nitrogen and oxygen atoms in total. The molecule has 1 N–H and O–H groups in total. The van der Waals surface area contributed by atoms with Crippen LogP contribution in [-0.2, 0) is 16.6 Å². The lowest BCUT2D eigenvalue weighted by molar-refractivity contribution is -0.115. The molecule has 146 valence electrons. The van der Waals surface area contributed by atoms with Crippen molar-refractivity contribution in [3.8, 4) is 11.3 Å². The van der Waals surface area contributed by atoms with Crippen molar-refractivity contribution in [3.05, 3.63) is 69.8 Å². The molecule has 1 aromatic heterocycles. The SMILES string of the molecule is Cc1cc(C(C)(C)C)cc(C)c1CC(=O)Nc1nc(-c2cccc(F)c2)cs1. The largest absolute Gasteiger partial charge is 0.302 e. The van der Waals surface area contributed by atoms with E-state index in [2.05, 4.69) is 57.1 Å². The average Bonchev–Trinajstić information content (AvgIpc) is 3.05. The molecule has 1 heterocycles. The van der Waals surface area contributed by atoms with Gasteiger partial charge in [0.2, 0.25) is 5.91 Å². The molecule has 5 heteroatoms. The minimum Gasteiger partial charge on any atom is -0.302 e. The fourth-order valence-electron chi connectivity index (χ4n) is 3.14. The maximum atomic E-state index is 13.4. The van der Waals surface area contributed by atoms with Gasteiger partial charge in [0.05, 0.1) is 12.1 Å². The predicted octanol–water partition coefficient (Wildman–Crippen LogP) is 6.04. The van der Waals surface area contributed by atoms with Crippen molar-refractivity contribution >= 4 is 22.4 Å². The van der Waals surface area contributed by atoms with Gasteiger partial charge in [0.15, 0.2) is 5.13 Å². The summed E-state index contributed by atoms with van der Waals surface area (Å²) in [6.45, 7) is 10.7. The lowest BCUT2D eigenvalue weighted by Crippen LogP contribution is -2.17. The van der Waals surface area contributed by atoms with Gasteiger partial charge in [-0.1, -0.05) is 45.0 Å². The Morgan fingerprint density at radius 1 is 1.14 bits per heavy atom. The monoisotopic (exact) mass is 396 g/mol. The van der Waals surface area contributed by atoms with E-state index in [1.807, 2.05) is 5.38 Å². The van der Waals surface area contributed by atoms with Crippen LogP contribution >= 0.6 is 11.3 Å². The van der Waals surface area contributed by atoms with Crippen molar-refractivity contribution in [2.24, 2.45) is 0 Å². The van der Waals surface area contributed by atoms with Crippen LogP contribution < -0.4 is 5.32 Å². The summed E-state index contributed by atoms with van der Waals surface area (Å²) >= 11 is 1.34. The zero-order chi connectivity index (χ0) is 20.5. The first-order valence-corrected chi connectivity index (χ1v) is 10.1. The molecule has 0 fully saturated rings. The molecule has 2 aromatic carbocycles. The lowest BCUT2D eigenvalue weighted by atomic mass is 9.83. The Hall–Kier alpha value is -2.53. The van der Waals surface area contributed by atoms with E-state index in [-0.39, 0.29) is 17.1 Å². The highest BCUT2D eigenvalue weighted by Crippen LogP contribution is 2.28. The standard InChI is InChI=1S/C23H25FN2OS/c1-14-9-17(23(3,4)5)10-15(2)19(14)12-21(27)26-22-25-20(13-28-22)16-7-6-8-18(24)11-16/h6-11,13H,12H2,1-5H3,(H,25,26,27). The number of rotatable bonds is 4. The van der Waals surface area contributed by atoms with E-state index in [1.54, 1.807) is 12.1 Å². The Balaban J connectivity index is 1.73. The molecule has 0 saturated heterocycles. The summed E-state index contributed by atoms with van der Waals surface area (Å²) in [6, 6.07) is 10.6. The first-order chi connectivity index (χ1) is 13.1. The Morgan fingerprint density at radius 2 is 1.82 bits per heavy atom. The summed E-state index contributed by atoms with van der Waals surface area (Å²) in [5.41, 5.74) is 5.99. The van der Waals surface area contributed by atoms with E-state index in [0.717, 1.165) is 16.7 Å². The molecular weight excluding hydrogens is 371 g/mol. The Labute approximate surface area is 169 Å². The summed E-state index contributed by atoms with van der Waals surface area (Å²) in [5.74, 6) is -0.407. The van der Waals surface area contributed by atoms with Crippen molar-refractivity contribution in [1.82, 2.24) is 4.98 Å². The number of amides is 1. The van der Waals surface area contributed by atoms with Gasteiger partial charge in [0, 0.05) is 10.9 Å². The van der Waals surface area contributed by atoms with E-state index < -0.39 is 0 Å². The number of aryl methyl sites for hydroxylation is 2. The smallest absolute Gasteiger partial charge is 0.230 e. The zero-order valence-corrected chi connectivity index (χ0v) is 17.7. The van der Waals surface area contributed by atoms with Gasteiger partial charge in [-0.15, -0.1) is 11.3 Å². The highest BCUT2D eigenvalue weighted by Gasteiger charge is 2.18. The topological polar surface area (TPSA) is 42.0 Å². The van der Waals surface area contributed by atoms with E-state index in [4.69, 9.17) is 0 Å². The van der Waals surface area contributed by atoms with E-state index in [0.29, 0.717) is 22.8 Å². The fourth-order valence-corrected chi connectivity index (χ4v) is 3.88. The molecule has 3 rings (SSSR count). The maximum absolute atomic E-state index is 13.4. The van der Waals surface area contributed by atoms with Crippen LogP contribution in [0.5, 0.6) is 0 Å². The number of hydrogen-bond donors (Lipinski definition) is 1. The van der Waals surface area contributed by atoms with Crippen molar-refractivity contribution in [1.29, 1.82) is 0 Å².